The summed E-state index contributed by atoms with van der Waals surface area (Å²) in [4.78, 5) is 33.6. The summed E-state index contributed by atoms with van der Waals surface area (Å²) in [5.74, 6) is 0.624. The van der Waals surface area contributed by atoms with E-state index < -0.39 is 25.3 Å². The van der Waals surface area contributed by atoms with Crippen LogP contribution in [0.15, 0.2) is 104 Å². The van der Waals surface area contributed by atoms with Gasteiger partial charge in [0.15, 0.2) is 29.1 Å². The molecule has 1 atom stereocenters. The molecule has 1 aliphatic carbocycles. The minimum atomic E-state index is -4.56. The number of aromatic nitrogens is 4. The van der Waals surface area contributed by atoms with Crippen LogP contribution in [0.2, 0.25) is 0 Å². The van der Waals surface area contributed by atoms with Crippen molar-refractivity contribution in [1.29, 1.82) is 0 Å². The summed E-state index contributed by atoms with van der Waals surface area (Å²) in [5, 5.41) is 3.52. The third-order valence-corrected chi connectivity index (χ3v) is 9.04. The van der Waals surface area contributed by atoms with Crippen LogP contribution in [0.4, 0.5) is 5.82 Å². The number of rotatable bonds is 13. The van der Waals surface area contributed by atoms with Crippen molar-refractivity contribution < 1.29 is 23.8 Å². The maximum atomic E-state index is 12.2. The van der Waals surface area contributed by atoms with Crippen LogP contribution in [0, 0.1) is 0 Å². The Morgan fingerprint density at radius 3 is 1.91 bits per heavy atom. The van der Waals surface area contributed by atoms with Crippen LogP contribution in [0.1, 0.15) is 55.7 Å². The van der Waals surface area contributed by atoms with E-state index in [0.717, 1.165) is 29.5 Å². The van der Waals surface area contributed by atoms with Crippen molar-refractivity contribution in [2.75, 3.05) is 18.3 Å². The Morgan fingerprint density at radius 1 is 0.844 bits per heavy atom. The molecule has 1 aliphatic rings. The molecular weight excluding hydrogens is 589 g/mol. The normalized spacial score (nSPS) is 15.7. The van der Waals surface area contributed by atoms with E-state index >= 15 is 0 Å². The third-order valence-electron chi connectivity index (χ3n) is 8.58. The topological polar surface area (TPSA) is 132 Å². The zero-order valence-corrected chi connectivity index (χ0v) is 26.1. The zero-order valence-electron chi connectivity index (χ0n) is 25.2. The fraction of sp³-hybridized carbons (Fsp3) is 0.324. The molecule has 45 heavy (non-hydrogen) atoms. The van der Waals surface area contributed by atoms with Crippen molar-refractivity contribution >= 4 is 24.6 Å². The van der Waals surface area contributed by atoms with Gasteiger partial charge in [-0.3, -0.25) is 9.13 Å². The molecule has 11 heteroatoms. The summed E-state index contributed by atoms with van der Waals surface area (Å²) >= 11 is 0. The molecule has 0 radical (unpaired) electrons. The first kappa shape index (κ1) is 31.1. The molecule has 0 saturated heterocycles. The standard InChI is InChI=1S/C34H38N5O5P/c1-2-33(44-25-45(40,41)42,39-24-37-30-31(35-23-36-32(30)39)38-29-20-12-13-21-29)22-43-34(26-14-6-3-7-15-26,27-16-8-4-9-17-27)28-18-10-5-11-19-28/h3-11,14-19,23-24,29H,2,12-13,20-22,25H2,1H3,(H,35,36,38)(H2,40,41,42). The zero-order chi connectivity index (χ0) is 31.3. The lowest BCUT2D eigenvalue weighted by Crippen LogP contribution is -2.45. The first-order chi connectivity index (χ1) is 21.8. The highest BCUT2D eigenvalue weighted by molar-refractivity contribution is 7.51. The summed E-state index contributed by atoms with van der Waals surface area (Å²) < 4.78 is 27.3. The van der Waals surface area contributed by atoms with Gasteiger partial charge in [-0.1, -0.05) is 111 Å². The maximum absolute atomic E-state index is 12.2. The number of fused-ring (bicyclic) bond motifs is 1. The van der Waals surface area contributed by atoms with Crippen LogP contribution < -0.4 is 5.32 Å². The second-order valence-corrected chi connectivity index (χ2v) is 13.0. The van der Waals surface area contributed by atoms with Gasteiger partial charge in [-0.25, -0.2) is 15.0 Å². The molecule has 5 aromatic rings. The quantitative estimate of drug-likeness (QED) is 0.100. The largest absolute Gasteiger partial charge is 0.365 e. The van der Waals surface area contributed by atoms with E-state index in [9.17, 15) is 14.4 Å². The molecule has 2 aromatic heterocycles. The second-order valence-electron chi connectivity index (χ2n) is 11.4. The van der Waals surface area contributed by atoms with E-state index in [1.165, 1.54) is 19.2 Å². The highest BCUT2D eigenvalue weighted by Crippen LogP contribution is 2.44. The molecule has 0 amide bonds. The summed E-state index contributed by atoms with van der Waals surface area (Å²) in [5.41, 5.74) is 1.23. The summed E-state index contributed by atoms with van der Waals surface area (Å²) in [7, 11) is -4.56. The Kier molecular flexibility index (Phi) is 9.12. The van der Waals surface area contributed by atoms with Gasteiger partial charge in [-0.2, -0.15) is 0 Å². The summed E-state index contributed by atoms with van der Waals surface area (Å²) in [6, 6.07) is 30.1. The minimum absolute atomic E-state index is 0.0942. The highest BCUT2D eigenvalue weighted by Gasteiger charge is 2.43. The van der Waals surface area contributed by atoms with Crippen molar-refractivity contribution in [2.24, 2.45) is 0 Å². The number of hydrogen-bond acceptors (Lipinski definition) is 7. The minimum Gasteiger partial charge on any atom is -0.365 e. The van der Waals surface area contributed by atoms with Gasteiger partial charge in [0.2, 0.25) is 0 Å². The van der Waals surface area contributed by atoms with Gasteiger partial charge in [0.05, 0.1) is 12.9 Å². The van der Waals surface area contributed by atoms with E-state index in [-0.39, 0.29) is 6.61 Å². The highest BCUT2D eigenvalue weighted by atomic mass is 31.2. The fourth-order valence-electron chi connectivity index (χ4n) is 6.25. The van der Waals surface area contributed by atoms with E-state index in [1.54, 1.807) is 10.9 Å². The molecule has 1 unspecified atom stereocenters. The van der Waals surface area contributed by atoms with Gasteiger partial charge < -0.3 is 24.6 Å². The molecule has 3 aromatic carbocycles. The van der Waals surface area contributed by atoms with Gasteiger partial charge >= 0.3 is 7.60 Å². The smallest absolute Gasteiger partial charge is 0.351 e. The van der Waals surface area contributed by atoms with Gasteiger partial charge in [0.25, 0.3) is 0 Å². The molecule has 3 N–H and O–H groups in total. The fourth-order valence-corrected chi connectivity index (χ4v) is 6.66. The van der Waals surface area contributed by atoms with E-state index in [0.29, 0.717) is 29.4 Å². The van der Waals surface area contributed by atoms with Crippen LogP contribution in [-0.4, -0.2) is 48.3 Å². The summed E-state index contributed by atoms with van der Waals surface area (Å²) in [6.45, 7) is 1.80. The van der Waals surface area contributed by atoms with Gasteiger partial charge in [-0.05, 0) is 36.0 Å². The molecular formula is C34H38N5O5P. The first-order valence-electron chi connectivity index (χ1n) is 15.3. The molecule has 2 heterocycles. The van der Waals surface area contributed by atoms with E-state index in [2.05, 4.69) is 20.3 Å². The number of hydrogen-bond donors (Lipinski definition) is 3. The average molecular weight is 628 g/mol. The van der Waals surface area contributed by atoms with Crippen molar-refractivity contribution in [2.45, 2.75) is 56.4 Å². The Balaban J connectivity index is 1.48. The first-order valence-corrected chi connectivity index (χ1v) is 17.1. The van der Waals surface area contributed by atoms with Crippen molar-refractivity contribution in [3.8, 4) is 0 Å². The monoisotopic (exact) mass is 627 g/mol. The summed E-state index contributed by atoms with van der Waals surface area (Å²) in [6.07, 6.45) is 7.01. The molecule has 6 rings (SSSR count). The lowest BCUT2D eigenvalue weighted by Gasteiger charge is -2.41. The van der Waals surface area contributed by atoms with E-state index in [4.69, 9.17) is 9.47 Å². The lowest BCUT2D eigenvalue weighted by atomic mass is 9.80. The number of ether oxygens (including phenoxy) is 2. The number of nitrogens with one attached hydrogen (secondary N) is 1. The van der Waals surface area contributed by atoms with Crippen LogP contribution in [0.3, 0.4) is 0 Å². The average Bonchev–Trinajstić information content (AvgIpc) is 3.75. The SMILES string of the molecule is CCC(COC(c1ccccc1)(c1ccccc1)c1ccccc1)(OCP(=O)(O)O)n1cnc2c(NC3CCCC3)ncnc21. The lowest BCUT2D eigenvalue weighted by molar-refractivity contribution is -0.164. The Hall–Kier alpha value is -3.92. The molecule has 234 valence electrons. The molecule has 1 saturated carbocycles. The van der Waals surface area contributed by atoms with Crippen molar-refractivity contribution in [1.82, 2.24) is 19.5 Å². The predicted molar refractivity (Wildman–Crippen MR) is 173 cm³/mol. The predicted octanol–water partition coefficient (Wildman–Crippen LogP) is 6.40. The van der Waals surface area contributed by atoms with Crippen molar-refractivity contribution in [3.05, 3.63) is 120 Å². The van der Waals surface area contributed by atoms with Gasteiger partial charge in [0.1, 0.15) is 11.9 Å². The van der Waals surface area contributed by atoms with Crippen LogP contribution in [0.25, 0.3) is 11.2 Å². The Morgan fingerprint density at radius 2 is 1.40 bits per heavy atom. The molecule has 0 bridgehead atoms. The number of benzene rings is 3. The molecule has 1 fully saturated rings. The van der Waals surface area contributed by atoms with E-state index in [1.807, 2.05) is 97.9 Å². The third kappa shape index (κ3) is 6.43. The number of nitrogens with zero attached hydrogens (tertiary/aromatic N) is 4. The number of imidazole rings is 1. The Labute approximate surface area is 262 Å². The molecule has 10 nitrogen and oxygen atoms in total. The molecule has 0 spiro atoms. The van der Waals surface area contributed by atoms with Gasteiger partial charge in [-0.15, -0.1) is 0 Å². The number of anilines is 1. The van der Waals surface area contributed by atoms with Crippen LogP contribution >= 0.6 is 7.60 Å². The van der Waals surface area contributed by atoms with Crippen LogP contribution in [0.5, 0.6) is 0 Å². The van der Waals surface area contributed by atoms with Gasteiger partial charge in [0, 0.05) is 6.04 Å². The van der Waals surface area contributed by atoms with Crippen LogP contribution in [-0.2, 0) is 25.4 Å². The molecule has 0 aliphatic heterocycles. The maximum Gasteiger partial charge on any atom is 0.351 e. The van der Waals surface area contributed by atoms with Crippen molar-refractivity contribution in [3.63, 3.8) is 0 Å². The second kappa shape index (κ2) is 13.2. The Bertz CT molecular complexity index is 1650.